The molecule has 0 aliphatic rings. The number of aliphatic hydroxyl groups is 1. The monoisotopic (exact) mass is 180 g/mol. The minimum absolute atomic E-state index is 0.336. The zero-order valence-electron chi connectivity index (χ0n) is 8.16. The van der Waals surface area contributed by atoms with Gasteiger partial charge in [0.15, 0.2) is 0 Å². The molecule has 0 saturated heterocycles. The van der Waals surface area contributed by atoms with Gasteiger partial charge in [0.25, 0.3) is 0 Å². The normalized spacial score (nSPS) is 12.8. The van der Waals surface area contributed by atoms with E-state index in [0.29, 0.717) is 6.61 Å². The Hall–Kier alpha value is -0.860. The Labute approximate surface area is 79.2 Å². The Morgan fingerprint density at radius 2 is 1.92 bits per heavy atom. The van der Waals surface area contributed by atoms with Crippen LogP contribution in [0.4, 0.5) is 0 Å². The quantitative estimate of drug-likeness (QED) is 0.770. The van der Waals surface area contributed by atoms with Crippen LogP contribution in [0.1, 0.15) is 30.6 Å². The SMILES string of the molecule is CCC(O)c1ccc(COC)cc1. The molecule has 2 heteroatoms. The number of ether oxygens (including phenoxy) is 1. The van der Waals surface area contributed by atoms with E-state index in [1.54, 1.807) is 7.11 Å². The van der Waals surface area contributed by atoms with Gasteiger partial charge in [-0.2, -0.15) is 0 Å². The van der Waals surface area contributed by atoms with E-state index in [2.05, 4.69) is 0 Å². The third-order valence-corrected chi connectivity index (χ3v) is 2.06. The van der Waals surface area contributed by atoms with Crippen molar-refractivity contribution in [2.75, 3.05) is 7.11 Å². The molecule has 0 aliphatic heterocycles. The first-order valence-corrected chi connectivity index (χ1v) is 4.53. The first-order valence-electron chi connectivity index (χ1n) is 4.53. The molecule has 13 heavy (non-hydrogen) atoms. The van der Waals surface area contributed by atoms with E-state index < -0.39 is 0 Å². The summed E-state index contributed by atoms with van der Waals surface area (Å²) in [4.78, 5) is 0. The number of aliphatic hydroxyl groups excluding tert-OH is 1. The van der Waals surface area contributed by atoms with Crippen LogP contribution in [0.2, 0.25) is 0 Å². The zero-order valence-corrected chi connectivity index (χ0v) is 8.16. The number of hydrogen-bond acceptors (Lipinski definition) is 2. The molecule has 0 aliphatic carbocycles. The summed E-state index contributed by atoms with van der Waals surface area (Å²) in [5, 5.41) is 9.52. The lowest BCUT2D eigenvalue weighted by Gasteiger charge is -2.08. The van der Waals surface area contributed by atoms with Gasteiger partial charge in [0, 0.05) is 7.11 Å². The predicted molar refractivity (Wildman–Crippen MR) is 52.4 cm³/mol. The molecular formula is C11H16O2. The fourth-order valence-corrected chi connectivity index (χ4v) is 1.24. The molecule has 0 radical (unpaired) electrons. The fraction of sp³-hybridized carbons (Fsp3) is 0.455. The van der Waals surface area contributed by atoms with Crippen molar-refractivity contribution < 1.29 is 9.84 Å². The van der Waals surface area contributed by atoms with E-state index in [9.17, 15) is 5.11 Å². The predicted octanol–water partition coefficient (Wildman–Crippen LogP) is 2.28. The zero-order chi connectivity index (χ0) is 9.68. The summed E-state index contributed by atoms with van der Waals surface area (Å²) in [5.74, 6) is 0. The van der Waals surface area contributed by atoms with Crippen LogP contribution in [-0.2, 0) is 11.3 Å². The maximum absolute atomic E-state index is 9.52. The first-order chi connectivity index (χ1) is 6.27. The highest BCUT2D eigenvalue weighted by Crippen LogP contribution is 2.16. The molecule has 1 aromatic rings. The second kappa shape index (κ2) is 5.00. The topological polar surface area (TPSA) is 29.5 Å². The molecule has 0 fully saturated rings. The van der Waals surface area contributed by atoms with Crippen LogP contribution in [0, 0.1) is 0 Å². The van der Waals surface area contributed by atoms with Gasteiger partial charge in [0.05, 0.1) is 12.7 Å². The van der Waals surface area contributed by atoms with Crippen molar-refractivity contribution in [2.45, 2.75) is 26.1 Å². The van der Waals surface area contributed by atoms with Crippen LogP contribution in [0.15, 0.2) is 24.3 Å². The van der Waals surface area contributed by atoms with E-state index in [-0.39, 0.29) is 6.10 Å². The van der Waals surface area contributed by atoms with E-state index >= 15 is 0 Å². The highest BCUT2D eigenvalue weighted by Gasteiger charge is 2.03. The van der Waals surface area contributed by atoms with Crippen molar-refractivity contribution in [3.63, 3.8) is 0 Å². The van der Waals surface area contributed by atoms with Crippen LogP contribution < -0.4 is 0 Å². The highest BCUT2D eigenvalue weighted by molar-refractivity contribution is 5.23. The summed E-state index contributed by atoms with van der Waals surface area (Å²) in [6.45, 7) is 2.59. The molecule has 72 valence electrons. The van der Waals surface area contributed by atoms with Gasteiger partial charge >= 0.3 is 0 Å². The maximum Gasteiger partial charge on any atom is 0.0787 e. The largest absolute Gasteiger partial charge is 0.388 e. The van der Waals surface area contributed by atoms with Crippen LogP contribution in [-0.4, -0.2) is 12.2 Å². The van der Waals surface area contributed by atoms with Gasteiger partial charge in [0.1, 0.15) is 0 Å². The first kappa shape index (κ1) is 10.2. The molecule has 1 aromatic carbocycles. The molecule has 0 heterocycles. The maximum atomic E-state index is 9.52. The van der Waals surface area contributed by atoms with Crippen molar-refractivity contribution in [3.8, 4) is 0 Å². The molecule has 0 spiro atoms. The lowest BCUT2D eigenvalue weighted by molar-refractivity contribution is 0.173. The third-order valence-electron chi connectivity index (χ3n) is 2.06. The molecule has 1 N–H and O–H groups in total. The van der Waals surface area contributed by atoms with Crippen molar-refractivity contribution in [1.82, 2.24) is 0 Å². The van der Waals surface area contributed by atoms with E-state index in [1.807, 2.05) is 31.2 Å². The van der Waals surface area contributed by atoms with E-state index in [1.165, 1.54) is 0 Å². The number of methoxy groups -OCH3 is 1. The summed E-state index contributed by atoms with van der Waals surface area (Å²) < 4.78 is 4.99. The number of rotatable bonds is 4. The number of benzene rings is 1. The Kier molecular flexibility index (Phi) is 3.93. The van der Waals surface area contributed by atoms with Gasteiger partial charge in [-0.1, -0.05) is 31.2 Å². The van der Waals surface area contributed by atoms with Gasteiger partial charge in [0.2, 0.25) is 0 Å². The standard InChI is InChI=1S/C11H16O2/c1-3-11(12)10-6-4-9(5-7-10)8-13-2/h4-7,11-12H,3,8H2,1-2H3. The van der Waals surface area contributed by atoms with Crippen molar-refractivity contribution in [2.24, 2.45) is 0 Å². The minimum atomic E-state index is -0.336. The molecule has 0 amide bonds. The molecule has 0 aromatic heterocycles. The van der Waals surface area contributed by atoms with Crippen LogP contribution in [0.25, 0.3) is 0 Å². The van der Waals surface area contributed by atoms with Crippen LogP contribution in [0.5, 0.6) is 0 Å². The summed E-state index contributed by atoms with van der Waals surface area (Å²) in [6, 6.07) is 7.86. The smallest absolute Gasteiger partial charge is 0.0787 e. The highest BCUT2D eigenvalue weighted by atomic mass is 16.5. The van der Waals surface area contributed by atoms with Gasteiger partial charge in [-0.3, -0.25) is 0 Å². The molecule has 1 rings (SSSR count). The Bertz CT molecular complexity index is 241. The Morgan fingerprint density at radius 3 is 2.38 bits per heavy atom. The van der Waals surface area contributed by atoms with Crippen molar-refractivity contribution in [1.29, 1.82) is 0 Å². The summed E-state index contributed by atoms with van der Waals surface area (Å²) in [5.41, 5.74) is 2.11. The molecular weight excluding hydrogens is 164 g/mol. The molecule has 0 saturated carbocycles. The molecule has 2 nitrogen and oxygen atoms in total. The summed E-state index contributed by atoms with van der Waals surface area (Å²) in [6.07, 6.45) is 0.417. The molecule has 0 bridgehead atoms. The molecule has 1 unspecified atom stereocenters. The second-order valence-corrected chi connectivity index (χ2v) is 3.10. The van der Waals surface area contributed by atoms with Crippen LogP contribution >= 0.6 is 0 Å². The average molecular weight is 180 g/mol. The van der Waals surface area contributed by atoms with Gasteiger partial charge in [-0.15, -0.1) is 0 Å². The van der Waals surface area contributed by atoms with E-state index in [4.69, 9.17) is 4.74 Å². The third kappa shape index (κ3) is 2.83. The van der Waals surface area contributed by atoms with Crippen molar-refractivity contribution in [3.05, 3.63) is 35.4 Å². The lowest BCUT2D eigenvalue weighted by Crippen LogP contribution is -1.95. The lowest BCUT2D eigenvalue weighted by atomic mass is 10.1. The summed E-state index contributed by atoms with van der Waals surface area (Å²) >= 11 is 0. The van der Waals surface area contributed by atoms with Gasteiger partial charge in [-0.05, 0) is 17.5 Å². The minimum Gasteiger partial charge on any atom is -0.388 e. The summed E-state index contributed by atoms with van der Waals surface area (Å²) in [7, 11) is 1.68. The Balaban J connectivity index is 2.69. The van der Waals surface area contributed by atoms with Crippen molar-refractivity contribution >= 4 is 0 Å². The molecule has 1 atom stereocenters. The number of hydrogen-bond donors (Lipinski definition) is 1. The Morgan fingerprint density at radius 1 is 1.31 bits per heavy atom. The second-order valence-electron chi connectivity index (χ2n) is 3.10. The van der Waals surface area contributed by atoms with Gasteiger partial charge in [-0.25, -0.2) is 0 Å². The van der Waals surface area contributed by atoms with E-state index in [0.717, 1.165) is 17.5 Å². The fourth-order valence-electron chi connectivity index (χ4n) is 1.24. The average Bonchev–Trinajstić information content (AvgIpc) is 2.18. The van der Waals surface area contributed by atoms with Gasteiger partial charge < -0.3 is 9.84 Å². The van der Waals surface area contributed by atoms with Crippen LogP contribution in [0.3, 0.4) is 0 Å².